The number of benzene rings is 1. The SMILES string of the molecule is O=C(c1cc(F)cc(Cl)c1F)C(F)(F)F. The first-order chi connectivity index (χ1) is 6.73. The number of halogens is 6. The Kier molecular flexibility index (Phi) is 2.99. The molecule has 1 nitrogen and oxygen atoms in total. The summed E-state index contributed by atoms with van der Waals surface area (Å²) >= 11 is 5.08. The first-order valence-corrected chi connectivity index (χ1v) is 3.87. The summed E-state index contributed by atoms with van der Waals surface area (Å²) in [4.78, 5) is 10.6. The number of ketones is 1. The molecule has 0 aliphatic carbocycles. The Morgan fingerprint density at radius 3 is 2.20 bits per heavy atom. The summed E-state index contributed by atoms with van der Waals surface area (Å²) in [6, 6.07) is 0.626. The second-order valence-electron chi connectivity index (χ2n) is 2.58. The molecule has 0 bridgehead atoms. The van der Waals surface area contributed by atoms with Gasteiger partial charge in [0.2, 0.25) is 0 Å². The van der Waals surface area contributed by atoms with Gasteiger partial charge in [0.15, 0.2) is 5.82 Å². The highest BCUT2D eigenvalue weighted by atomic mass is 35.5. The van der Waals surface area contributed by atoms with Crippen LogP contribution < -0.4 is 0 Å². The van der Waals surface area contributed by atoms with E-state index in [0.717, 1.165) is 0 Å². The fourth-order valence-electron chi connectivity index (χ4n) is 0.874. The van der Waals surface area contributed by atoms with Gasteiger partial charge in [0.05, 0.1) is 10.6 Å². The molecule has 0 radical (unpaired) electrons. The van der Waals surface area contributed by atoms with E-state index in [0.29, 0.717) is 6.07 Å². The summed E-state index contributed by atoms with van der Waals surface area (Å²) in [6.07, 6.45) is -5.27. The minimum absolute atomic E-state index is 0.150. The predicted octanol–water partition coefficient (Wildman–Crippen LogP) is 3.36. The van der Waals surface area contributed by atoms with E-state index in [9.17, 15) is 26.7 Å². The summed E-state index contributed by atoms with van der Waals surface area (Å²) < 4.78 is 61.2. The molecule has 1 rings (SSSR count). The van der Waals surface area contributed by atoms with E-state index in [1.165, 1.54) is 0 Å². The van der Waals surface area contributed by atoms with Crippen LogP contribution in [0, 0.1) is 11.6 Å². The summed E-state index contributed by atoms with van der Waals surface area (Å²) in [5.41, 5.74) is -1.42. The molecule has 0 aliphatic rings. The van der Waals surface area contributed by atoms with Gasteiger partial charge in [-0.3, -0.25) is 4.79 Å². The molecule has 0 atom stereocenters. The van der Waals surface area contributed by atoms with Crippen molar-refractivity contribution in [2.75, 3.05) is 0 Å². The van der Waals surface area contributed by atoms with Crippen LogP contribution in [0.5, 0.6) is 0 Å². The Balaban J connectivity index is 3.32. The Morgan fingerprint density at radius 2 is 1.73 bits per heavy atom. The van der Waals surface area contributed by atoms with Crippen molar-refractivity contribution in [1.82, 2.24) is 0 Å². The van der Waals surface area contributed by atoms with Crippen molar-refractivity contribution in [1.29, 1.82) is 0 Å². The number of carbonyl (C=O) groups excluding carboxylic acids is 1. The lowest BCUT2D eigenvalue weighted by Gasteiger charge is -2.07. The van der Waals surface area contributed by atoms with Gasteiger partial charge in [0, 0.05) is 0 Å². The third kappa shape index (κ3) is 2.44. The molecule has 0 unspecified atom stereocenters. The Labute approximate surface area is 85.5 Å². The minimum Gasteiger partial charge on any atom is -0.284 e. The van der Waals surface area contributed by atoms with E-state index < -0.39 is 34.2 Å². The van der Waals surface area contributed by atoms with Crippen molar-refractivity contribution in [3.63, 3.8) is 0 Å². The van der Waals surface area contributed by atoms with Gasteiger partial charge in [-0.25, -0.2) is 8.78 Å². The van der Waals surface area contributed by atoms with Crippen molar-refractivity contribution in [2.24, 2.45) is 0 Å². The van der Waals surface area contributed by atoms with Crippen molar-refractivity contribution in [3.8, 4) is 0 Å². The highest BCUT2D eigenvalue weighted by Crippen LogP contribution is 2.27. The molecule has 0 aliphatic heterocycles. The molecular formula is C8H2ClF5O. The largest absolute Gasteiger partial charge is 0.454 e. The first kappa shape index (κ1) is 11.9. The average Bonchev–Trinajstić information content (AvgIpc) is 2.08. The number of hydrogen-bond donors (Lipinski definition) is 0. The summed E-state index contributed by atoms with van der Waals surface area (Å²) in [7, 11) is 0. The quantitative estimate of drug-likeness (QED) is 0.421. The fraction of sp³-hybridized carbons (Fsp3) is 0.125. The maximum atomic E-state index is 12.9. The normalized spacial score (nSPS) is 11.6. The van der Waals surface area contributed by atoms with Crippen molar-refractivity contribution < 1.29 is 26.7 Å². The van der Waals surface area contributed by atoms with Gasteiger partial charge in [-0.2, -0.15) is 13.2 Å². The molecule has 15 heavy (non-hydrogen) atoms. The first-order valence-electron chi connectivity index (χ1n) is 3.49. The van der Waals surface area contributed by atoms with Crippen LogP contribution in [0.4, 0.5) is 22.0 Å². The molecular weight excluding hydrogens is 243 g/mol. The molecule has 0 spiro atoms. The second-order valence-corrected chi connectivity index (χ2v) is 2.98. The topological polar surface area (TPSA) is 17.1 Å². The van der Waals surface area contributed by atoms with E-state index in [1.807, 2.05) is 0 Å². The third-order valence-electron chi connectivity index (χ3n) is 1.50. The number of alkyl halides is 3. The number of hydrogen-bond acceptors (Lipinski definition) is 1. The van der Waals surface area contributed by atoms with Crippen LogP contribution in [-0.2, 0) is 0 Å². The summed E-state index contributed by atoms with van der Waals surface area (Å²) in [5, 5.41) is -0.873. The number of carbonyl (C=O) groups is 1. The van der Waals surface area contributed by atoms with E-state index in [2.05, 4.69) is 0 Å². The highest BCUT2D eigenvalue weighted by molar-refractivity contribution is 6.31. The molecule has 0 aromatic heterocycles. The zero-order chi connectivity index (χ0) is 11.8. The zero-order valence-electron chi connectivity index (χ0n) is 6.83. The lowest BCUT2D eigenvalue weighted by Crippen LogP contribution is -2.24. The Morgan fingerprint density at radius 1 is 1.20 bits per heavy atom. The van der Waals surface area contributed by atoms with Crippen molar-refractivity contribution in [3.05, 3.63) is 34.4 Å². The molecule has 0 amide bonds. The van der Waals surface area contributed by atoms with E-state index in [-0.39, 0.29) is 6.07 Å². The lowest BCUT2D eigenvalue weighted by atomic mass is 10.1. The van der Waals surface area contributed by atoms with Gasteiger partial charge in [-0.05, 0) is 12.1 Å². The highest BCUT2D eigenvalue weighted by Gasteiger charge is 2.41. The molecule has 1 aromatic rings. The van der Waals surface area contributed by atoms with Gasteiger partial charge in [-0.15, -0.1) is 0 Å². The zero-order valence-corrected chi connectivity index (χ0v) is 7.59. The van der Waals surface area contributed by atoms with E-state index >= 15 is 0 Å². The van der Waals surface area contributed by atoms with Crippen LogP contribution in [0.1, 0.15) is 10.4 Å². The van der Waals surface area contributed by atoms with Gasteiger partial charge in [-0.1, -0.05) is 11.6 Å². The molecule has 0 saturated heterocycles. The fourth-order valence-corrected chi connectivity index (χ4v) is 1.08. The third-order valence-corrected chi connectivity index (χ3v) is 1.77. The molecule has 0 saturated carbocycles. The second kappa shape index (κ2) is 3.77. The average molecular weight is 245 g/mol. The van der Waals surface area contributed by atoms with Crippen LogP contribution in [0.2, 0.25) is 5.02 Å². The maximum Gasteiger partial charge on any atom is 0.454 e. The maximum absolute atomic E-state index is 12.9. The smallest absolute Gasteiger partial charge is 0.284 e. The predicted molar refractivity (Wildman–Crippen MR) is 41.8 cm³/mol. The Hall–Kier alpha value is -1.17. The standard InChI is InChI=1S/C8H2ClF5O/c9-5-2-3(10)1-4(6(5)11)7(15)8(12,13)14/h1-2H. The molecule has 82 valence electrons. The van der Waals surface area contributed by atoms with Crippen LogP contribution in [0.3, 0.4) is 0 Å². The molecule has 0 fully saturated rings. The molecule has 7 heteroatoms. The summed E-state index contributed by atoms with van der Waals surface area (Å²) in [5.74, 6) is -5.27. The lowest BCUT2D eigenvalue weighted by molar-refractivity contribution is -0.0887. The van der Waals surface area contributed by atoms with Crippen LogP contribution >= 0.6 is 11.6 Å². The number of Topliss-reactive ketones (excluding diaryl/α,β-unsaturated/α-hetero) is 1. The minimum atomic E-state index is -5.27. The van der Waals surface area contributed by atoms with Crippen molar-refractivity contribution in [2.45, 2.75) is 6.18 Å². The molecule has 0 N–H and O–H groups in total. The monoisotopic (exact) mass is 244 g/mol. The van der Waals surface area contributed by atoms with Crippen LogP contribution in [-0.4, -0.2) is 12.0 Å². The van der Waals surface area contributed by atoms with E-state index in [4.69, 9.17) is 11.6 Å². The van der Waals surface area contributed by atoms with Crippen molar-refractivity contribution >= 4 is 17.4 Å². The molecule has 0 heterocycles. The summed E-state index contributed by atoms with van der Waals surface area (Å²) in [6.45, 7) is 0. The van der Waals surface area contributed by atoms with Gasteiger partial charge >= 0.3 is 6.18 Å². The van der Waals surface area contributed by atoms with Crippen LogP contribution in [0.25, 0.3) is 0 Å². The molecule has 1 aromatic carbocycles. The van der Waals surface area contributed by atoms with Crippen LogP contribution in [0.15, 0.2) is 12.1 Å². The Bertz CT molecular complexity index is 412. The van der Waals surface area contributed by atoms with Gasteiger partial charge in [0.25, 0.3) is 5.78 Å². The van der Waals surface area contributed by atoms with Gasteiger partial charge < -0.3 is 0 Å². The van der Waals surface area contributed by atoms with Gasteiger partial charge in [0.1, 0.15) is 5.82 Å². The number of rotatable bonds is 1. The van der Waals surface area contributed by atoms with E-state index in [1.54, 1.807) is 0 Å².